The Morgan fingerprint density at radius 1 is 1.43 bits per heavy atom. The van der Waals surface area contributed by atoms with Crippen molar-refractivity contribution in [2.45, 2.75) is 32.4 Å². The predicted octanol–water partition coefficient (Wildman–Crippen LogP) is 2.64. The van der Waals surface area contributed by atoms with E-state index in [1.807, 2.05) is 19.1 Å². The van der Waals surface area contributed by atoms with Gasteiger partial charge in [0.1, 0.15) is 5.69 Å². The van der Waals surface area contributed by atoms with Crippen LogP contribution in [0.15, 0.2) is 18.2 Å². The molecule has 1 fully saturated rings. The van der Waals surface area contributed by atoms with Gasteiger partial charge in [0, 0.05) is 39.4 Å². The molecule has 1 aliphatic rings. The molecule has 6 heteroatoms. The summed E-state index contributed by atoms with van der Waals surface area (Å²) in [6, 6.07) is 5.33. The van der Waals surface area contributed by atoms with Gasteiger partial charge in [-0.15, -0.1) is 0 Å². The zero-order chi connectivity index (χ0) is 15.2. The molecule has 1 saturated heterocycles. The minimum Gasteiger partial charge on any atom is -0.381 e. The van der Waals surface area contributed by atoms with Crippen LogP contribution in [0.3, 0.4) is 0 Å². The summed E-state index contributed by atoms with van der Waals surface area (Å²) in [6.07, 6.45) is 2.46. The molecule has 21 heavy (non-hydrogen) atoms. The highest BCUT2D eigenvalue weighted by Gasteiger charge is 2.20. The fraction of sp³-hybridized carbons (Fsp3) is 0.600. The molecule has 0 unspecified atom stereocenters. The van der Waals surface area contributed by atoms with E-state index in [1.54, 1.807) is 13.2 Å². The van der Waals surface area contributed by atoms with E-state index < -0.39 is 0 Å². The van der Waals surface area contributed by atoms with Crippen molar-refractivity contribution in [1.82, 2.24) is 4.90 Å². The molecule has 0 saturated carbocycles. The van der Waals surface area contributed by atoms with Crippen LogP contribution < -0.4 is 5.32 Å². The first kappa shape index (κ1) is 15.7. The lowest BCUT2D eigenvalue weighted by atomic mass is 10.1. The highest BCUT2D eigenvalue weighted by Crippen LogP contribution is 2.26. The maximum absolute atomic E-state index is 11.0. The predicted molar refractivity (Wildman–Crippen MR) is 82.6 cm³/mol. The maximum Gasteiger partial charge on any atom is 0.292 e. The summed E-state index contributed by atoms with van der Waals surface area (Å²) < 4.78 is 5.37. The van der Waals surface area contributed by atoms with Crippen molar-refractivity contribution in [2.75, 3.05) is 32.1 Å². The quantitative estimate of drug-likeness (QED) is 0.645. The Labute approximate surface area is 125 Å². The molecular weight excluding hydrogens is 270 g/mol. The Hall–Kier alpha value is -1.66. The van der Waals surface area contributed by atoms with E-state index in [1.165, 1.54) is 0 Å². The first-order chi connectivity index (χ1) is 10.1. The second-order valence-corrected chi connectivity index (χ2v) is 5.35. The van der Waals surface area contributed by atoms with Crippen molar-refractivity contribution in [3.05, 3.63) is 33.9 Å². The van der Waals surface area contributed by atoms with Crippen LogP contribution in [0.2, 0.25) is 0 Å². The van der Waals surface area contributed by atoms with Gasteiger partial charge in [0.2, 0.25) is 0 Å². The average molecular weight is 293 g/mol. The van der Waals surface area contributed by atoms with E-state index in [9.17, 15) is 10.1 Å². The average Bonchev–Trinajstić information content (AvgIpc) is 2.48. The Bertz CT molecular complexity index is 485. The topological polar surface area (TPSA) is 67.6 Å². The van der Waals surface area contributed by atoms with Gasteiger partial charge in [-0.2, -0.15) is 0 Å². The SMILES string of the molecule is CCNc1cc(CN2CCC(OC)CC2)ccc1[N+](=O)[O-]. The monoisotopic (exact) mass is 293 g/mol. The number of hydrogen-bond acceptors (Lipinski definition) is 5. The number of hydrogen-bond donors (Lipinski definition) is 1. The molecule has 0 atom stereocenters. The highest BCUT2D eigenvalue weighted by molar-refractivity contribution is 5.62. The van der Waals surface area contributed by atoms with E-state index in [2.05, 4.69) is 10.2 Å². The number of likely N-dealkylation sites (tertiary alicyclic amines) is 1. The van der Waals surface area contributed by atoms with Crippen molar-refractivity contribution in [1.29, 1.82) is 0 Å². The van der Waals surface area contributed by atoms with Crippen molar-refractivity contribution < 1.29 is 9.66 Å². The Kier molecular flexibility index (Phi) is 5.52. The Morgan fingerprint density at radius 3 is 2.71 bits per heavy atom. The second kappa shape index (κ2) is 7.38. The Balaban J connectivity index is 2.03. The molecule has 0 aliphatic carbocycles. The minimum atomic E-state index is -0.341. The lowest BCUT2D eigenvalue weighted by Crippen LogP contribution is -2.36. The summed E-state index contributed by atoms with van der Waals surface area (Å²) in [7, 11) is 1.76. The number of anilines is 1. The first-order valence-corrected chi connectivity index (χ1v) is 7.40. The summed E-state index contributed by atoms with van der Waals surface area (Å²) >= 11 is 0. The maximum atomic E-state index is 11.0. The zero-order valence-electron chi connectivity index (χ0n) is 12.7. The van der Waals surface area contributed by atoms with Crippen LogP contribution in [0.1, 0.15) is 25.3 Å². The third kappa shape index (κ3) is 4.15. The molecule has 0 amide bonds. The van der Waals surface area contributed by atoms with Crippen LogP contribution in [0, 0.1) is 10.1 Å². The summed E-state index contributed by atoms with van der Waals surface area (Å²) in [5, 5.41) is 14.1. The third-order valence-corrected chi connectivity index (χ3v) is 3.90. The number of benzene rings is 1. The highest BCUT2D eigenvalue weighted by atomic mass is 16.6. The number of ether oxygens (including phenoxy) is 1. The van der Waals surface area contributed by atoms with E-state index in [0.29, 0.717) is 18.3 Å². The molecule has 1 N–H and O–H groups in total. The lowest BCUT2D eigenvalue weighted by molar-refractivity contribution is -0.384. The smallest absolute Gasteiger partial charge is 0.292 e. The van der Waals surface area contributed by atoms with Crippen LogP contribution in [0.5, 0.6) is 0 Å². The molecule has 0 bridgehead atoms. The Morgan fingerprint density at radius 2 is 2.14 bits per heavy atom. The second-order valence-electron chi connectivity index (χ2n) is 5.35. The molecule has 116 valence electrons. The van der Waals surface area contributed by atoms with Crippen LogP contribution in [-0.4, -0.2) is 42.7 Å². The van der Waals surface area contributed by atoms with Crippen molar-refractivity contribution in [3.8, 4) is 0 Å². The van der Waals surface area contributed by atoms with Gasteiger partial charge in [-0.3, -0.25) is 15.0 Å². The molecule has 1 aliphatic heterocycles. The van der Waals surface area contributed by atoms with Gasteiger partial charge in [-0.05, 0) is 31.4 Å². The number of nitrogens with one attached hydrogen (secondary N) is 1. The number of nitrogens with zero attached hydrogens (tertiary/aromatic N) is 2. The zero-order valence-corrected chi connectivity index (χ0v) is 12.7. The molecule has 6 nitrogen and oxygen atoms in total. The van der Waals surface area contributed by atoms with Gasteiger partial charge in [0.25, 0.3) is 5.69 Å². The number of nitro groups is 1. The van der Waals surface area contributed by atoms with Gasteiger partial charge in [0.15, 0.2) is 0 Å². The van der Waals surface area contributed by atoms with Gasteiger partial charge < -0.3 is 10.1 Å². The fourth-order valence-corrected chi connectivity index (χ4v) is 2.73. The molecule has 0 radical (unpaired) electrons. The van der Waals surface area contributed by atoms with Crippen LogP contribution >= 0.6 is 0 Å². The number of piperidine rings is 1. The largest absolute Gasteiger partial charge is 0.381 e. The summed E-state index contributed by atoms with van der Waals surface area (Å²) in [5.74, 6) is 0. The summed E-state index contributed by atoms with van der Waals surface area (Å²) in [5.41, 5.74) is 1.85. The summed E-state index contributed by atoms with van der Waals surface area (Å²) in [6.45, 7) is 5.44. The van der Waals surface area contributed by atoms with Crippen LogP contribution in [0.25, 0.3) is 0 Å². The minimum absolute atomic E-state index is 0.138. The van der Waals surface area contributed by atoms with Gasteiger partial charge >= 0.3 is 0 Å². The van der Waals surface area contributed by atoms with E-state index in [-0.39, 0.29) is 10.6 Å². The first-order valence-electron chi connectivity index (χ1n) is 7.40. The van der Waals surface area contributed by atoms with Crippen molar-refractivity contribution in [3.63, 3.8) is 0 Å². The van der Waals surface area contributed by atoms with Gasteiger partial charge in [-0.1, -0.05) is 6.07 Å². The number of methoxy groups -OCH3 is 1. The third-order valence-electron chi connectivity index (χ3n) is 3.90. The lowest BCUT2D eigenvalue weighted by Gasteiger charge is -2.31. The fourth-order valence-electron chi connectivity index (χ4n) is 2.73. The number of nitro benzene ring substituents is 1. The van der Waals surface area contributed by atoms with Crippen molar-refractivity contribution in [2.24, 2.45) is 0 Å². The van der Waals surface area contributed by atoms with Crippen LogP contribution in [-0.2, 0) is 11.3 Å². The number of rotatable bonds is 6. The van der Waals surface area contributed by atoms with Crippen molar-refractivity contribution >= 4 is 11.4 Å². The van der Waals surface area contributed by atoms with Gasteiger partial charge in [-0.25, -0.2) is 0 Å². The molecule has 0 spiro atoms. The molecule has 1 aromatic carbocycles. The molecular formula is C15H23N3O3. The molecule has 1 aromatic rings. The van der Waals surface area contributed by atoms with Gasteiger partial charge in [0.05, 0.1) is 11.0 Å². The standard InChI is InChI=1S/C15H23N3O3/c1-3-16-14-10-12(4-5-15(14)18(19)20)11-17-8-6-13(21-2)7-9-17/h4-5,10,13,16H,3,6-9,11H2,1-2H3. The van der Waals surface area contributed by atoms with E-state index >= 15 is 0 Å². The van der Waals surface area contributed by atoms with E-state index in [4.69, 9.17) is 4.74 Å². The summed E-state index contributed by atoms with van der Waals surface area (Å²) in [4.78, 5) is 13.0. The van der Waals surface area contributed by atoms with E-state index in [0.717, 1.165) is 38.0 Å². The molecule has 1 heterocycles. The molecule has 0 aromatic heterocycles. The normalized spacial score (nSPS) is 16.9. The van der Waals surface area contributed by atoms with Crippen LogP contribution in [0.4, 0.5) is 11.4 Å². The molecule has 2 rings (SSSR count).